The van der Waals surface area contributed by atoms with Gasteiger partial charge in [0.1, 0.15) is 0 Å². The Bertz CT molecular complexity index is 231. The molecule has 1 heterocycles. The molecule has 1 aromatic rings. The van der Waals surface area contributed by atoms with Gasteiger partial charge in [-0.25, -0.2) is 5.43 Å². The van der Waals surface area contributed by atoms with Crippen LogP contribution in [0.2, 0.25) is 0 Å². The van der Waals surface area contributed by atoms with Crippen LogP contribution in [0.25, 0.3) is 0 Å². The van der Waals surface area contributed by atoms with Gasteiger partial charge in [0.15, 0.2) is 0 Å². The van der Waals surface area contributed by atoms with Crippen LogP contribution in [0.4, 0.5) is 0 Å². The van der Waals surface area contributed by atoms with Gasteiger partial charge in [-0.2, -0.15) is 0 Å². The summed E-state index contributed by atoms with van der Waals surface area (Å²) in [6.45, 7) is 6.03. The molecule has 0 spiro atoms. The molecule has 0 saturated carbocycles. The lowest BCUT2D eigenvalue weighted by molar-refractivity contribution is 0.461. The van der Waals surface area contributed by atoms with Crippen LogP contribution in [0.3, 0.4) is 0 Å². The Kier molecular flexibility index (Phi) is 3.87. The van der Waals surface area contributed by atoms with E-state index in [-0.39, 0.29) is 5.41 Å². The molecule has 4 heteroatoms. The van der Waals surface area contributed by atoms with Crippen LogP contribution >= 0.6 is 11.3 Å². The van der Waals surface area contributed by atoms with E-state index < -0.39 is 0 Å². The molecule has 0 aliphatic carbocycles. The Morgan fingerprint density at radius 3 is 2.85 bits per heavy atom. The minimum Gasteiger partial charge on any atom is -0.303 e. The first-order valence-corrected chi connectivity index (χ1v) is 5.23. The van der Waals surface area contributed by atoms with Gasteiger partial charge in [0, 0.05) is 16.8 Å². The number of thiophene rings is 1. The lowest BCUT2D eigenvalue weighted by Crippen LogP contribution is -2.40. The van der Waals surface area contributed by atoms with E-state index in [1.807, 2.05) is 0 Å². The highest BCUT2D eigenvalue weighted by molar-refractivity contribution is 7.10. The molecule has 1 rings (SSSR count). The van der Waals surface area contributed by atoms with Crippen LogP contribution in [-0.2, 0) is 5.41 Å². The number of hydrogen-bond acceptors (Lipinski definition) is 4. The Hall–Kier alpha value is -0.420. The molecule has 0 saturated heterocycles. The van der Waals surface area contributed by atoms with Crippen molar-refractivity contribution in [1.29, 1.82) is 0 Å². The smallest absolute Gasteiger partial charge is 0.0587 e. The molecule has 0 amide bonds. The second-order valence-electron chi connectivity index (χ2n) is 3.67. The molecule has 0 atom stereocenters. The van der Waals surface area contributed by atoms with Crippen LogP contribution in [0.15, 0.2) is 17.5 Å². The molecule has 0 aliphatic heterocycles. The average molecular weight is 199 g/mol. The first kappa shape index (κ1) is 10.7. The molecular formula is C9H17N3S. The molecule has 13 heavy (non-hydrogen) atoms. The van der Waals surface area contributed by atoms with Gasteiger partial charge in [0.25, 0.3) is 0 Å². The van der Waals surface area contributed by atoms with Crippen molar-refractivity contribution in [1.82, 2.24) is 10.7 Å². The summed E-state index contributed by atoms with van der Waals surface area (Å²) in [6.07, 6.45) is 0. The van der Waals surface area contributed by atoms with Crippen molar-refractivity contribution in [3.8, 4) is 0 Å². The summed E-state index contributed by atoms with van der Waals surface area (Å²) < 4.78 is 0. The van der Waals surface area contributed by atoms with Gasteiger partial charge < -0.3 is 5.32 Å². The quantitative estimate of drug-likeness (QED) is 0.287. The van der Waals surface area contributed by atoms with Crippen LogP contribution in [0, 0.1) is 0 Å². The predicted molar refractivity (Wildman–Crippen MR) is 57.5 cm³/mol. The summed E-state index contributed by atoms with van der Waals surface area (Å²) >= 11 is 1.80. The molecule has 0 bridgehead atoms. The van der Waals surface area contributed by atoms with Gasteiger partial charge in [-0.15, -0.1) is 11.3 Å². The zero-order chi connectivity index (χ0) is 9.73. The maximum atomic E-state index is 5.17. The largest absolute Gasteiger partial charge is 0.303 e. The fourth-order valence-corrected chi connectivity index (χ4v) is 2.05. The van der Waals surface area contributed by atoms with Crippen molar-refractivity contribution in [3.63, 3.8) is 0 Å². The fourth-order valence-electron chi connectivity index (χ4n) is 1.20. The Balaban J connectivity index is 2.46. The third-order valence-corrected chi connectivity index (χ3v) is 3.22. The van der Waals surface area contributed by atoms with Gasteiger partial charge in [-0.3, -0.25) is 5.84 Å². The SMILES string of the molecule is CC(C)(CNCNN)c1cccs1. The highest BCUT2D eigenvalue weighted by atomic mass is 32.1. The van der Waals surface area contributed by atoms with E-state index in [4.69, 9.17) is 5.84 Å². The molecule has 0 aliphatic rings. The van der Waals surface area contributed by atoms with Crippen LogP contribution in [0.5, 0.6) is 0 Å². The van der Waals surface area contributed by atoms with Crippen LogP contribution in [-0.4, -0.2) is 13.2 Å². The van der Waals surface area contributed by atoms with Crippen LogP contribution < -0.4 is 16.6 Å². The second-order valence-corrected chi connectivity index (χ2v) is 4.62. The highest BCUT2D eigenvalue weighted by Gasteiger charge is 2.20. The van der Waals surface area contributed by atoms with E-state index >= 15 is 0 Å². The predicted octanol–water partition coefficient (Wildman–Crippen LogP) is 1.04. The molecule has 0 fully saturated rings. The van der Waals surface area contributed by atoms with E-state index in [9.17, 15) is 0 Å². The van der Waals surface area contributed by atoms with Crippen molar-refractivity contribution in [2.45, 2.75) is 19.3 Å². The summed E-state index contributed by atoms with van der Waals surface area (Å²) in [5, 5.41) is 5.34. The molecule has 0 unspecified atom stereocenters. The number of nitrogens with one attached hydrogen (secondary N) is 2. The maximum absolute atomic E-state index is 5.17. The average Bonchev–Trinajstić information content (AvgIpc) is 2.56. The first-order valence-electron chi connectivity index (χ1n) is 4.35. The summed E-state index contributed by atoms with van der Waals surface area (Å²) in [5.41, 5.74) is 2.76. The second kappa shape index (κ2) is 4.72. The van der Waals surface area contributed by atoms with Crippen molar-refractivity contribution >= 4 is 11.3 Å². The van der Waals surface area contributed by atoms with E-state index in [1.54, 1.807) is 11.3 Å². The van der Waals surface area contributed by atoms with Crippen molar-refractivity contribution in [3.05, 3.63) is 22.4 Å². The zero-order valence-corrected chi connectivity index (χ0v) is 8.95. The lowest BCUT2D eigenvalue weighted by Gasteiger charge is -2.23. The molecule has 4 N–H and O–H groups in total. The first-order chi connectivity index (χ1) is 6.17. The number of hydrazine groups is 1. The highest BCUT2D eigenvalue weighted by Crippen LogP contribution is 2.26. The van der Waals surface area contributed by atoms with Gasteiger partial charge in [-0.1, -0.05) is 19.9 Å². The molecular weight excluding hydrogens is 182 g/mol. The van der Waals surface area contributed by atoms with Gasteiger partial charge in [0.05, 0.1) is 6.67 Å². The number of nitrogens with two attached hydrogens (primary N) is 1. The number of hydrogen-bond donors (Lipinski definition) is 3. The molecule has 74 valence electrons. The fraction of sp³-hybridized carbons (Fsp3) is 0.556. The number of rotatable bonds is 5. The van der Waals surface area contributed by atoms with E-state index in [0.717, 1.165) is 6.54 Å². The Morgan fingerprint density at radius 2 is 2.31 bits per heavy atom. The van der Waals surface area contributed by atoms with Crippen molar-refractivity contribution in [2.75, 3.05) is 13.2 Å². The maximum Gasteiger partial charge on any atom is 0.0587 e. The Labute approximate surface area is 83.3 Å². The van der Waals surface area contributed by atoms with E-state index in [2.05, 4.69) is 42.1 Å². The molecule has 3 nitrogen and oxygen atoms in total. The topological polar surface area (TPSA) is 50.1 Å². The van der Waals surface area contributed by atoms with Gasteiger partial charge in [0.2, 0.25) is 0 Å². The summed E-state index contributed by atoms with van der Waals surface area (Å²) in [6, 6.07) is 4.26. The van der Waals surface area contributed by atoms with E-state index in [0.29, 0.717) is 6.67 Å². The Morgan fingerprint density at radius 1 is 1.54 bits per heavy atom. The van der Waals surface area contributed by atoms with E-state index in [1.165, 1.54) is 4.88 Å². The standard InChI is InChI=1S/C9H17N3S/c1-9(2,6-11-7-12-10)8-4-3-5-13-8/h3-5,11-12H,6-7,10H2,1-2H3. The molecule has 0 aromatic carbocycles. The summed E-state index contributed by atoms with van der Waals surface area (Å²) in [4.78, 5) is 1.40. The third kappa shape index (κ3) is 3.08. The summed E-state index contributed by atoms with van der Waals surface area (Å²) in [5.74, 6) is 5.17. The zero-order valence-electron chi connectivity index (χ0n) is 8.13. The minimum absolute atomic E-state index is 0.186. The molecule has 0 radical (unpaired) electrons. The van der Waals surface area contributed by atoms with Gasteiger partial charge >= 0.3 is 0 Å². The third-order valence-electron chi connectivity index (χ3n) is 1.98. The lowest BCUT2D eigenvalue weighted by atomic mass is 9.91. The summed E-state index contributed by atoms with van der Waals surface area (Å²) in [7, 11) is 0. The monoisotopic (exact) mass is 199 g/mol. The van der Waals surface area contributed by atoms with Crippen molar-refractivity contribution < 1.29 is 0 Å². The van der Waals surface area contributed by atoms with Gasteiger partial charge in [-0.05, 0) is 11.4 Å². The van der Waals surface area contributed by atoms with Crippen LogP contribution in [0.1, 0.15) is 18.7 Å². The normalized spacial score (nSPS) is 11.9. The van der Waals surface area contributed by atoms with Crippen molar-refractivity contribution in [2.24, 2.45) is 5.84 Å². The minimum atomic E-state index is 0.186. The molecule has 1 aromatic heterocycles.